The molecule has 0 aromatic heterocycles. The van der Waals surface area contributed by atoms with Gasteiger partial charge in [0.25, 0.3) is 0 Å². The summed E-state index contributed by atoms with van der Waals surface area (Å²) >= 11 is 0. The van der Waals surface area contributed by atoms with Crippen molar-refractivity contribution in [1.82, 2.24) is 0 Å². The summed E-state index contributed by atoms with van der Waals surface area (Å²) < 4.78 is 0. The van der Waals surface area contributed by atoms with Crippen LogP contribution in [0.5, 0.6) is 0 Å². The second-order valence-corrected chi connectivity index (χ2v) is 0.512. The van der Waals surface area contributed by atoms with Crippen molar-refractivity contribution < 1.29 is 0 Å². The van der Waals surface area contributed by atoms with E-state index in [0.717, 1.165) is 0 Å². The van der Waals surface area contributed by atoms with Gasteiger partial charge in [-0.3, -0.25) is 0 Å². The molecule has 6 heavy (non-hydrogen) atoms. The molecule has 0 bridgehead atoms. The monoisotopic (exact) mass is 127 g/mol. The van der Waals surface area contributed by atoms with Gasteiger partial charge in [-0.15, -0.1) is 24.8 Å². The van der Waals surface area contributed by atoms with Gasteiger partial charge >= 0.3 is 0 Å². The molecule has 0 unspecified atom stereocenters. The largest absolute Gasteiger partial charge is 0.198 e. The second kappa shape index (κ2) is 19.6. The van der Waals surface area contributed by atoms with E-state index in [1.54, 1.807) is 0 Å². The van der Waals surface area contributed by atoms with E-state index in [1.165, 1.54) is 0 Å². The summed E-state index contributed by atoms with van der Waals surface area (Å²) in [6, 6.07) is 1.93. The normalized spacial score (nSPS) is 3.33. The highest BCUT2D eigenvalue weighted by atomic mass is 35.5. The van der Waals surface area contributed by atoms with Crippen molar-refractivity contribution in [3.05, 3.63) is 0 Å². The first-order chi connectivity index (χ1) is 1.91. The average Bonchev–Trinajstić information content (AvgIpc) is 1.37. The minimum Gasteiger partial charge on any atom is -0.198 e. The lowest BCUT2D eigenvalue weighted by Gasteiger charge is -1.47. The fourth-order valence-corrected chi connectivity index (χ4v) is 0. The van der Waals surface area contributed by atoms with Crippen molar-refractivity contribution >= 4 is 24.8 Å². The molecule has 0 rings (SSSR count). The maximum absolute atomic E-state index is 7.62. The van der Waals surface area contributed by atoms with Crippen LogP contribution in [0.4, 0.5) is 0 Å². The van der Waals surface area contributed by atoms with Gasteiger partial charge in [-0.2, -0.15) is 5.26 Å². The Labute approximate surface area is 50.2 Å². The molecule has 0 aliphatic carbocycles. The smallest absolute Gasteiger partial charge is 0.0618 e. The molecule has 0 saturated heterocycles. The van der Waals surface area contributed by atoms with Gasteiger partial charge in [0, 0.05) is 6.42 Å². The maximum Gasteiger partial charge on any atom is 0.0618 e. The summed E-state index contributed by atoms with van der Waals surface area (Å²) in [4.78, 5) is 0. The Hall–Kier alpha value is 0.0700. The van der Waals surface area contributed by atoms with Crippen LogP contribution in [0.15, 0.2) is 0 Å². The van der Waals surface area contributed by atoms with Crippen molar-refractivity contribution in [3.8, 4) is 6.07 Å². The fourth-order valence-electron chi connectivity index (χ4n) is 0. The van der Waals surface area contributed by atoms with E-state index in [2.05, 4.69) is 0 Å². The SMILES string of the molecule is CCC#N.Cl.Cl. The Morgan fingerprint density at radius 1 is 1.50 bits per heavy atom. The lowest BCUT2D eigenvalue weighted by Crippen LogP contribution is -1.38. The van der Waals surface area contributed by atoms with Gasteiger partial charge in [-0.05, 0) is 0 Å². The summed E-state index contributed by atoms with van der Waals surface area (Å²) in [5, 5.41) is 7.62. The van der Waals surface area contributed by atoms with Gasteiger partial charge in [0.2, 0.25) is 0 Å². The minimum absolute atomic E-state index is 0. The predicted molar refractivity (Wildman–Crippen MR) is 30.4 cm³/mol. The molecule has 3 heteroatoms. The van der Waals surface area contributed by atoms with Crippen molar-refractivity contribution in [3.63, 3.8) is 0 Å². The van der Waals surface area contributed by atoms with E-state index in [4.69, 9.17) is 5.26 Å². The molecule has 0 aliphatic heterocycles. The molecule has 0 aromatic carbocycles. The molecule has 0 atom stereocenters. The summed E-state index contributed by atoms with van der Waals surface area (Å²) in [7, 11) is 0. The third-order valence-corrected chi connectivity index (χ3v) is 0.158. The van der Waals surface area contributed by atoms with E-state index in [9.17, 15) is 0 Å². The highest BCUT2D eigenvalue weighted by Crippen LogP contribution is 1.58. The summed E-state index contributed by atoms with van der Waals surface area (Å²) in [5.74, 6) is 0. The topological polar surface area (TPSA) is 23.8 Å². The highest BCUT2D eigenvalue weighted by Gasteiger charge is 1.49. The molecular weight excluding hydrogens is 121 g/mol. The second-order valence-electron chi connectivity index (χ2n) is 0.512. The van der Waals surface area contributed by atoms with Crippen LogP contribution < -0.4 is 0 Å². The molecule has 0 spiro atoms. The van der Waals surface area contributed by atoms with Crippen LogP contribution in [0, 0.1) is 11.3 Å². The Bertz CT molecular complexity index is 38.5. The van der Waals surface area contributed by atoms with Crippen LogP contribution in [0.2, 0.25) is 0 Å². The van der Waals surface area contributed by atoms with Crippen molar-refractivity contribution in [1.29, 1.82) is 5.26 Å². The first kappa shape index (κ1) is 16.6. The number of hydrogen-bond donors (Lipinski definition) is 0. The molecule has 0 amide bonds. The number of hydrogen-bond acceptors (Lipinski definition) is 1. The summed E-state index contributed by atoms with van der Waals surface area (Å²) in [6.07, 6.45) is 0.625. The Kier molecular flexibility index (Phi) is 54.1. The van der Waals surface area contributed by atoms with E-state index >= 15 is 0 Å². The summed E-state index contributed by atoms with van der Waals surface area (Å²) in [6.45, 7) is 1.82. The molecule has 0 saturated carbocycles. The van der Waals surface area contributed by atoms with E-state index in [-0.39, 0.29) is 24.8 Å². The quantitative estimate of drug-likeness (QED) is 0.487. The van der Waals surface area contributed by atoms with Crippen LogP contribution in [-0.4, -0.2) is 0 Å². The lowest BCUT2D eigenvalue weighted by molar-refractivity contribution is 1.22. The number of nitriles is 1. The van der Waals surface area contributed by atoms with Crippen LogP contribution in [0.1, 0.15) is 13.3 Å². The number of halogens is 2. The van der Waals surface area contributed by atoms with Crippen LogP contribution in [0.3, 0.4) is 0 Å². The van der Waals surface area contributed by atoms with E-state index in [1.807, 2.05) is 13.0 Å². The molecular formula is C3H7Cl2N. The standard InChI is InChI=1S/C3H5N.2ClH/c1-2-3-4;;/h2H2,1H3;2*1H. The molecule has 0 radical (unpaired) electrons. The van der Waals surface area contributed by atoms with Gasteiger partial charge in [0.15, 0.2) is 0 Å². The number of rotatable bonds is 0. The van der Waals surface area contributed by atoms with Gasteiger partial charge in [-0.25, -0.2) is 0 Å². The van der Waals surface area contributed by atoms with Gasteiger partial charge in [0.1, 0.15) is 0 Å². The van der Waals surface area contributed by atoms with Crippen molar-refractivity contribution in [2.75, 3.05) is 0 Å². The Morgan fingerprint density at radius 2 is 1.67 bits per heavy atom. The van der Waals surface area contributed by atoms with Crippen LogP contribution >= 0.6 is 24.8 Å². The Morgan fingerprint density at radius 3 is 1.67 bits per heavy atom. The molecule has 0 aromatic rings. The van der Waals surface area contributed by atoms with Crippen LogP contribution in [0.25, 0.3) is 0 Å². The Balaban J connectivity index is -0.0000000450. The van der Waals surface area contributed by atoms with Crippen LogP contribution in [-0.2, 0) is 0 Å². The lowest BCUT2D eigenvalue weighted by atomic mass is 10.6. The average molecular weight is 128 g/mol. The maximum atomic E-state index is 7.62. The van der Waals surface area contributed by atoms with Gasteiger partial charge in [0.05, 0.1) is 6.07 Å². The molecule has 0 fully saturated rings. The van der Waals surface area contributed by atoms with Crippen molar-refractivity contribution in [2.24, 2.45) is 0 Å². The summed E-state index contributed by atoms with van der Waals surface area (Å²) in [5.41, 5.74) is 0. The van der Waals surface area contributed by atoms with E-state index < -0.39 is 0 Å². The zero-order valence-electron chi connectivity index (χ0n) is 3.47. The highest BCUT2D eigenvalue weighted by molar-refractivity contribution is 5.85. The first-order valence-electron chi connectivity index (χ1n) is 1.28. The first-order valence-corrected chi connectivity index (χ1v) is 1.28. The third kappa shape index (κ3) is 33.5. The zero-order valence-corrected chi connectivity index (χ0v) is 5.10. The predicted octanol–water partition coefficient (Wildman–Crippen LogP) is 1.76. The molecule has 1 nitrogen and oxygen atoms in total. The van der Waals surface area contributed by atoms with Gasteiger partial charge < -0.3 is 0 Å². The zero-order chi connectivity index (χ0) is 3.41. The van der Waals surface area contributed by atoms with E-state index in [0.29, 0.717) is 6.42 Å². The minimum atomic E-state index is 0. The molecule has 0 N–H and O–H groups in total. The molecule has 0 heterocycles. The van der Waals surface area contributed by atoms with Gasteiger partial charge in [-0.1, -0.05) is 6.92 Å². The number of nitrogens with zero attached hydrogens (tertiary/aromatic N) is 1. The third-order valence-electron chi connectivity index (χ3n) is 0.158. The molecule has 0 aliphatic rings. The van der Waals surface area contributed by atoms with Crippen molar-refractivity contribution in [2.45, 2.75) is 13.3 Å². The fraction of sp³-hybridized carbons (Fsp3) is 0.667. The molecule has 38 valence electrons.